The van der Waals surface area contributed by atoms with Crippen LogP contribution in [-0.4, -0.2) is 73.7 Å². The van der Waals surface area contributed by atoms with E-state index in [9.17, 15) is 4.79 Å². The van der Waals surface area contributed by atoms with Crippen LogP contribution in [0.2, 0.25) is 0 Å². The first-order valence-electron chi connectivity index (χ1n) is 12.4. The van der Waals surface area contributed by atoms with E-state index in [1.54, 1.807) is 7.05 Å². The highest BCUT2D eigenvalue weighted by Crippen LogP contribution is 2.42. The maximum absolute atomic E-state index is 12.1. The molecule has 2 aromatic rings. The number of halogens is 1. The molecule has 1 amide bonds. The summed E-state index contributed by atoms with van der Waals surface area (Å²) in [7, 11) is 1.64. The molecule has 2 fully saturated rings. The molecule has 0 unspecified atom stereocenters. The standard InChI is InChI=1S/C25H32N8O2.ClH/c1-15-22(26)25(14-35-15)5-8-32(9-6-25)20-13-29-21-18(31-20)12-30-23(21)33-10-7-28-17-11-16(24(34)27-2)3-4-19(17)33;/h3-4,11,13,15,22,28H,5-10,12,14,26H2,1-2H3,(H,27,34);1H/t15-,22+;/m0./s1. The minimum Gasteiger partial charge on any atom is -0.382 e. The Labute approximate surface area is 217 Å². The fourth-order valence-corrected chi connectivity index (χ4v) is 5.80. The Kier molecular flexibility index (Phi) is 6.52. The zero-order chi connectivity index (χ0) is 24.2. The molecule has 6 rings (SSSR count). The van der Waals surface area contributed by atoms with Gasteiger partial charge >= 0.3 is 0 Å². The molecule has 4 aliphatic rings. The molecular weight excluding hydrogens is 480 g/mol. The van der Waals surface area contributed by atoms with E-state index in [2.05, 4.69) is 27.4 Å². The van der Waals surface area contributed by atoms with Crippen molar-refractivity contribution < 1.29 is 9.53 Å². The van der Waals surface area contributed by atoms with Gasteiger partial charge in [-0.1, -0.05) is 0 Å². The summed E-state index contributed by atoms with van der Waals surface area (Å²) < 4.78 is 5.86. The molecule has 4 N–H and O–H groups in total. The number of anilines is 3. The predicted octanol–water partition coefficient (Wildman–Crippen LogP) is 1.78. The van der Waals surface area contributed by atoms with Gasteiger partial charge in [0.25, 0.3) is 5.91 Å². The number of fused-ring (bicyclic) bond motifs is 2. The van der Waals surface area contributed by atoms with Gasteiger partial charge in [-0.05, 0) is 38.0 Å². The number of ether oxygens (including phenoxy) is 1. The number of nitrogens with one attached hydrogen (secondary N) is 2. The molecule has 0 saturated carbocycles. The Bertz CT molecular complexity index is 1200. The summed E-state index contributed by atoms with van der Waals surface area (Å²) in [4.78, 5) is 31.2. The van der Waals surface area contributed by atoms with Crippen molar-refractivity contribution in [2.75, 3.05) is 55.0 Å². The second-order valence-corrected chi connectivity index (χ2v) is 9.94. The van der Waals surface area contributed by atoms with Gasteiger partial charge in [-0.2, -0.15) is 0 Å². The minimum atomic E-state index is -0.103. The highest BCUT2D eigenvalue weighted by atomic mass is 35.5. The molecule has 0 bridgehead atoms. The molecule has 2 atom stereocenters. The maximum atomic E-state index is 12.1. The summed E-state index contributed by atoms with van der Waals surface area (Å²) in [6.45, 7) is 6.69. The third kappa shape index (κ3) is 3.97. The molecule has 2 saturated heterocycles. The lowest BCUT2D eigenvalue weighted by Gasteiger charge is -2.41. The van der Waals surface area contributed by atoms with Crippen LogP contribution < -0.4 is 26.2 Å². The summed E-state index contributed by atoms with van der Waals surface area (Å²) in [5, 5.41) is 6.08. The number of benzene rings is 1. The van der Waals surface area contributed by atoms with Crippen LogP contribution in [0, 0.1) is 5.41 Å². The van der Waals surface area contributed by atoms with Crippen molar-refractivity contribution in [3.63, 3.8) is 0 Å². The zero-order valence-electron chi connectivity index (χ0n) is 20.7. The van der Waals surface area contributed by atoms with Gasteiger partial charge in [0.2, 0.25) is 0 Å². The van der Waals surface area contributed by atoms with E-state index in [1.165, 1.54) is 0 Å². The zero-order valence-corrected chi connectivity index (χ0v) is 21.5. The average Bonchev–Trinajstić information content (AvgIpc) is 3.44. The normalized spacial score (nSPS) is 23.9. The molecule has 0 aliphatic carbocycles. The number of rotatable bonds is 2. The molecule has 1 aromatic heterocycles. The first-order valence-corrected chi connectivity index (χ1v) is 12.4. The lowest BCUT2D eigenvalue weighted by molar-refractivity contribution is 0.0962. The van der Waals surface area contributed by atoms with Crippen LogP contribution in [-0.2, 0) is 11.3 Å². The third-order valence-corrected chi connectivity index (χ3v) is 8.04. The van der Waals surface area contributed by atoms with Crippen molar-refractivity contribution in [1.29, 1.82) is 0 Å². The number of hydrogen-bond donors (Lipinski definition) is 3. The smallest absolute Gasteiger partial charge is 0.251 e. The number of carbonyl (C=O) groups excluding carboxylic acids is 1. The van der Waals surface area contributed by atoms with E-state index >= 15 is 0 Å². The van der Waals surface area contributed by atoms with E-state index < -0.39 is 0 Å². The number of aliphatic imine (C=N–C) groups is 1. The summed E-state index contributed by atoms with van der Waals surface area (Å²) >= 11 is 0. The third-order valence-electron chi connectivity index (χ3n) is 8.04. The lowest BCUT2D eigenvalue weighted by Crippen LogP contribution is -2.50. The van der Waals surface area contributed by atoms with Gasteiger partial charge in [-0.15, -0.1) is 12.4 Å². The van der Waals surface area contributed by atoms with Gasteiger partial charge in [0.05, 0.1) is 42.5 Å². The fourth-order valence-electron chi connectivity index (χ4n) is 5.80. The highest BCUT2D eigenvalue weighted by molar-refractivity contribution is 6.13. The van der Waals surface area contributed by atoms with Gasteiger partial charge < -0.3 is 30.9 Å². The molecule has 1 aromatic carbocycles. The van der Waals surface area contributed by atoms with Gasteiger partial charge in [0, 0.05) is 50.2 Å². The number of nitrogens with two attached hydrogens (primary N) is 1. The number of amides is 1. The van der Waals surface area contributed by atoms with Crippen LogP contribution >= 0.6 is 12.4 Å². The van der Waals surface area contributed by atoms with Gasteiger partial charge in [0.15, 0.2) is 5.84 Å². The van der Waals surface area contributed by atoms with E-state index in [0.717, 1.165) is 80.0 Å². The first kappa shape index (κ1) is 24.7. The van der Waals surface area contributed by atoms with Crippen molar-refractivity contribution in [3.8, 4) is 0 Å². The van der Waals surface area contributed by atoms with E-state index in [4.69, 9.17) is 25.4 Å². The Morgan fingerprint density at radius 2 is 2.08 bits per heavy atom. The SMILES string of the molecule is CNC(=O)c1ccc2c(c1)NCCN2C1=NCc2nc(N3CCC4(CC3)CO[C@@H](C)[C@H]4N)cnc21.Cl. The molecule has 4 aliphatic heterocycles. The van der Waals surface area contributed by atoms with E-state index in [1.807, 2.05) is 24.4 Å². The van der Waals surface area contributed by atoms with Crippen molar-refractivity contribution in [1.82, 2.24) is 15.3 Å². The fraction of sp³-hybridized carbons (Fsp3) is 0.520. The number of amidine groups is 1. The largest absolute Gasteiger partial charge is 0.382 e. The molecule has 0 radical (unpaired) electrons. The van der Waals surface area contributed by atoms with Crippen LogP contribution in [0.5, 0.6) is 0 Å². The summed E-state index contributed by atoms with van der Waals surface area (Å²) in [5.41, 5.74) is 10.9. The molecule has 192 valence electrons. The van der Waals surface area contributed by atoms with Crippen LogP contribution in [0.15, 0.2) is 29.4 Å². The van der Waals surface area contributed by atoms with Crippen LogP contribution in [0.3, 0.4) is 0 Å². The predicted molar refractivity (Wildman–Crippen MR) is 142 cm³/mol. The minimum absolute atomic E-state index is 0. The summed E-state index contributed by atoms with van der Waals surface area (Å²) in [5.74, 6) is 1.65. The number of aromatic nitrogens is 2. The van der Waals surface area contributed by atoms with Crippen LogP contribution in [0.1, 0.15) is 41.5 Å². The number of piperidine rings is 1. The average molecular weight is 513 g/mol. The van der Waals surface area contributed by atoms with Gasteiger partial charge in [-0.25, -0.2) is 9.97 Å². The quantitative estimate of drug-likeness (QED) is 0.557. The number of hydrogen-bond acceptors (Lipinski definition) is 9. The molecule has 36 heavy (non-hydrogen) atoms. The second kappa shape index (κ2) is 9.49. The van der Waals surface area contributed by atoms with Gasteiger partial charge in [0.1, 0.15) is 11.5 Å². The summed E-state index contributed by atoms with van der Waals surface area (Å²) in [6, 6.07) is 5.79. The van der Waals surface area contributed by atoms with Crippen molar-refractivity contribution >= 4 is 41.3 Å². The number of carbonyl (C=O) groups is 1. The van der Waals surface area contributed by atoms with Crippen molar-refractivity contribution in [3.05, 3.63) is 41.3 Å². The Hall–Kier alpha value is -2.95. The molecular formula is C25H33ClN8O2. The molecule has 5 heterocycles. The van der Waals surface area contributed by atoms with E-state index in [-0.39, 0.29) is 35.9 Å². The number of nitrogens with zero attached hydrogens (tertiary/aromatic N) is 5. The van der Waals surface area contributed by atoms with Crippen LogP contribution in [0.25, 0.3) is 0 Å². The maximum Gasteiger partial charge on any atom is 0.251 e. The van der Waals surface area contributed by atoms with Crippen LogP contribution in [0.4, 0.5) is 17.2 Å². The Balaban J connectivity index is 0.00000267. The topological polar surface area (TPSA) is 121 Å². The molecule has 1 spiro atoms. The monoisotopic (exact) mass is 512 g/mol. The second-order valence-electron chi connectivity index (χ2n) is 9.94. The molecule has 11 heteroatoms. The highest BCUT2D eigenvalue weighted by Gasteiger charge is 2.47. The Morgan fingerprint density at radius 1 is 1.28 bits per heavy atom. The van der Waals surface area contributed by atoms with Crippen molar-refractivity contribution in [2.24, 2.45) is 16.1 Å². The summed E-state index contributed by atoms with van der Waals surface area (Å²) in [6.07, 6.45) is 4.02. The first-order chi connectivity index (χ1) is 17.0. The van der Waals surface area contributed by atoms with Crippen molar-refractivity contribution in [2.45, 2.75) is 38.5 Å². The van der Waals surface area contributed by atoms with Gasteiger partial charge in [-0.3, -0.25) is 9.79 Å². The Morgan fingerprint density at radius 3 is 2.81 bits per heavy atom. The lowest BCUT2D eigenvalue weighted by atomic mass is 9.73. The molecule has 10 nitrogen and oxygen atoms in total. The van der Waals surface area contributed by atoms with E-state index in [0.29, 0.717) is 12.1 Å².